The molecule has 1 atom stereocenters. The molecule has 0 aromatic heterocycles. The van der Waals surface area contributed by atoms with E-state index in [0.717, 1.165) is 12.2 Å². The van der Waals surface area contributed by atoms with Gasteiger partial charge in [-0.05, 0) is 43.6 Å². The number of nitrogens with zero attached hydrogens (tertiary/aromatic N) is 1. The van der Waals surface area contributed by atoms with Crippen LogP contribution in [0.15, 0.2) is 24.3 Å². The van der Waals surface area contributed by atoms with Gasteiger partial charge >= 0.3 is 0 Å². The number of amides is 1. The van der Waals surface area contributed by atoms with Crippen LogP contribution < -0.4 is 11.1 Å². The fourth-order valence-corrected chi connectivity index (χ4v) is 2.62. The average molecular weight is 362 g/mol. The number of halogens is 2. The van der Waals surface area contributed by atoms with Gasteiger partial charge in [0.1, 0.15) is 0 Å². The molecule has 1 saturated heterocycles. The van der Waals surface area contributed by atoms with Crippen molar-refractivity contribution in [2.75, 3.05) is 25.0 Å². The number of nitrogens with one attached hydrogen (secondary N) is 1. The van der Waals surface area contributed by atoms with Crippen molar-refractivity contribution in [2.45, 2.75) is 39.2 Å². The van der Waals surface area contributed by atoms with Crippen LogP contribution in [-0.2, 0) is 11.3 Å². The third-order valence-electron chi connectivity index (χ3n) is 4.13. The Hall–Kier alpha value is -0.810. The van der Waals surface area contributed by atoms with Crippen LogP contribution in [0.4, 0.5) is 5.69 Å². The summed E-state index contributed by atoms with van der Waals surface area (Å²) in [6.07, 6.45) is 5.35. The summed E-state index contributed by atoms with van der Waals surface area (Å²) in [6.45, 7) is 5.62. The maximum Gasteiger partial charge on any atom is 0.228 e. The zero-order chi connectivity index (χ0) is 15.1. The SMILES string of the molecule is CC(CN)C(=O)Nc1ccc(CN2CCCCCC2)cc1.Cl.Cl. The van der Waals surface area contributed by atoms with Crippen LogP contribution in [0.3, 0.4) is 0 Å². The molecule has 1 aliphatic rings. The zero-order valence-electron chi connectivity index (χ0n) is 13.8. The maximum absolute atomic E-state index is 11.8. The normalized spacial score (nSPS) is 16.4. The average Bonchev–Trinajstić information content (AvgIpc) is 2.77. The van der Waals surface area contributed by atoms with Crippen molar-refractivity contribution in [3.8, 4) is 0 Å². The number of carbonyl (C=O) groups is 1. The fraction of sp³-hybridized carbons (Fsp3) is 0.588. The first-order chi connectivity index (χ1) is 10.2. The van der Waals surface area contributed by atoms with Gasteiger partial charge in [-0.1, -0.05) is 31.9 Å². The van der Waals surface area contributed by atoms with Crippen LogP contribution in [0.5, 0.6) is 0 Å². The monoisotopic (exact) mass is 361 g/mol. The lowest BCUT2D eigenvalue weighted by Crippen LogP contribution is -2.26. The molecule has 0 spiro atoms. The van der Waals surface area contributed by atoms with Crippen LogP contribution in [0.1, 0.15) is 38.2 Å². The Bertz CT molecular complexity index is 446. The van der Waals surface area contributed by atoms with E-state index in [-0.39, 0.29) is 36.6 Å². The van der Waals surface area contributed by atoms with Crippen LogP contribution in [0.2, 0.25) is 0 Å². The molecule has 1 aliphatic heterocycles. The van der Waals surface area contributed by atoms with E-state index < -0.39 is 0 Å². The molecule has 2 rings (SSSR count). The molecule has 1 heterocycles. The van der Waals surface area contributed by atoms with Gasteiger partial charge in [0.05, 0.1) is 0 Å². The predicted octanol–water partition coefficient (Wildman–Crippen LogP) is 3.44. The zero-order valence-corrected chi connectivity index (χ0v) is 15.4. The fourth-order valence-electron chi connectivity index (χ4n) is 2.62. The molecule has 0 bridgehead atoms. The highest BCUT2D eigenvalue weighted by molar-refractivity contribution is 5.92. The molecule has 1 amide bonds. The van der Waals surface area contributed by atoms with E-state index in [0.29, 0.717) is 6.54 Å². The van der Waals surface area contributed by atoms with Crippen molar-refractivity contribution in [1.29, 1.82) is 0 Å². The molecule has 1 unspecified atom stereocenters. The van der Waals surface area contributed by atoms with Crippen molar-refractivity contribution < 1.29 is 4.79 Å². The number of carbonyl (C=O) groups excluding carboxylic acids is 1. The molecule has 6 heteroatoms. The minimum atomic E-state index is -0.151. The molecule has 1 aromatic carbocycles. The largest absolute Gasteiger partial charge is 0.330 e. The lowest BCUT2D eigenvalue weighted by atomic mass is 10.1. The van der Waals surface area contributed by atoms with Gasteiger partial charge in [-0.2, -0.15) is 0 Å². The number of benzene rings is 1. The predicted molar refractivity (Wildman–Crippen MR) is 102 cm³/mol. The lowest BCUT2D eigenvalue weighted by Gasteiger charge is -2.20. The number of rotatable bonds is 5. The van der Waals surface area contributed by atoms with Crippen LogP contribution in [0, 0.1) is 5.92 Å². The van der Waals surface area contributed by atoms with E-state index in [2.05, 4.69) is 22.3 Å². The quantitative estimate of drug-likeness (QED) is 0.844. The Labute approximate surface area is 152 Å². The summed E-state index contributed by atoms with van der Waals surface area (Å²) in [4.78, 5) is 14.3. The van der Waals surface area contributed by atoms with E-state index in [1.165, 1.54) is 44.3 Å². The van der Waals surface area contributed by atoms with E-state index >= 15 is 0 Å². The van der Waals surface area contributed by atoms with Crippen LogP contribution in [0.25, 0.3) is 0 Å². The second-order valence-electron chi connectivity index (χ2n) is 6.01. The molecule has 0 radical (unpaired) electrons. The van der Waals surface area contributed by atoms with Gasteiger partial charge in [-0.25, -0.2) is 0 Å². The minimum absolute atomic E-state index is 0. The smallest absolute Gasteiger partial charge is 0.228 e. The molecular formula is C17H29Cl2N3O. The molecule has 4 nitrogen and oxygen atoms in total. The Morgan fingerprint density at radius 3 is 2.22 bits per heavy atom. The first kappa shape index (κ1) is 22.2. The third-order valence-corrected chi connectivity index (χ3v) is 4.13. The number of hydrogen-bond acceptors (Lipinski definition) is 3. The van der Waals surface area contributed by atoms with Crippen molar-refractivity contribution >= 4 is 36.4 Å². The summed E-state index contributed by atoms with van der Waals surface area (Å²) in [7, 11) is 0. The van der Waals surface area contributed by atoms with Gasteiger partial charge in [-0.3, -0.25) is 9.69 Å². The summed E-state index contributed by atoms with van der Waals surface area (Å²) < 4.78 is 0. The van der Waals surface area contributed by atoms with Crippen molar-refractivity contribution in [3.63, 3.8) is 0 Å². The van der Waals surface area contributed by atoms with Gasteiger partial charge in [0.25, 0.3) is 0 Å². The molecule has 0 saturated carbocycles. The number of hydrogen-bond donors (Lipinski definition) is 2. The topological polar surface area (TPSA) is 58.4 Å². The first-order valence-electron chi connectivity index (χ1n) is 8.01. The standard InChI is InChI=1S/C17H27N3O.2ClH/c1-14(12-18)17(21)19-16-8-6-15(7-9-16)13-20-10-4-2-3-5-11-20;;/h6-9,14H,2-5,10-13,18H2,1H3,(H,19,21);2*1H. The maximum atomic E-state index is 11.8. The summed E-state index contributed by atoms with van der Waals surface area (Å²) in [5, 5.41) is 2.90. The molecule has 23 heavy (non-hydrogen) atoms. The lowest BCUT2D eigenvalue weighted by molar-refractivity contribution is -0.119. The van der Waals surface area contributed by atoms with E-state index in [9.17, 15) is 4.79 Å². The molecule has 1 aromatic rings. The van der Waals surface area contributed by atoms with Gasteiger partial charge in [0.15, 0.2) is 0 Å². The second kappa shape index (κ2) is 11.7. The van der Waals surface area contributed by atoms with Gasteiger partial charge in [-0.15, -0.1) is 24.8 Å². The summed E-state index contributed by atoms with van der Waals surface area (Å²) >= 11 is 0. The van der Waals surface area contributed by atoms with Gasteiger partial charge in [0.2, 0.25) is 5.91 Å². The highest BCUT2D eigenvalue weighted by atomic mass is 35.5. The van der Waals surface area contributed by atoms with E-state index in [4.69, 9.17) is 5.73 Å². The molecule has 0 aliphatic carbocycles. The number of likely N-dealkylation sites (tertiary alicyclic amines) is 1. The van der Waals surface area contributed by atoms with Gasteiger partial charge in [0, 0.05) is 24.7 Å². The first-order valence-corrected chi connectivity index (χ1v) is 8.01. The third kappa shape index (κ3) is 7.53. The van der Waals surface area contributed by atoms with Gasteiger partial charge < -0.3 is 11.1 Å². The van der Waals surface area contributed by atoms with E-state index in [1.807, 2.05) is 19.1 Å². The highest BCUT2D eigenvalue weighted by Crippen LogP contribution is 2.15. The van der Waals surface area contributed by atoms with E-state index in [1.54, 1.807) is 0 Å². The Morgan fingerprint density at radius 1 is 1.13 bits per heavy atom. The van der Waals surface area contributed by atoms with Crippen molar-refractivity contribution in [3.05, 3.63) is 29.8 Å². The second-order valence-corrected chi connectivity index (χ2v) is 6.01. The Balaban J connectivity index is 0.00000242. The molecule has 1 fully saturated rings. The summed E-state index contributed by atoms with van der Waals surface area (Å²) in [6, 6.07) is 8.17. The van der Waals surface area contributed by atoms with Crippen molar-refractivity contribution in [2.24, 2.45) is 11.7 Å². The van der Waals surface area contributed by atoms with Crippen LogP contribution >= 0.6 is 24.8 Å². The highest BCUT2D eigenvalue weighted by Gasteiger charge is 2.11. The Morgan fingerprint density at radius 2 is 1.70 bits per heavy atom. The van der Waals surface area contributed by atoms with Crippen molar-refractivity contribution in [1.82, 2.24) is 4.90 Å². The summed E-state index contributed by atoms with van der Waals surface area (Å²) in [5.41, 5.74) is 7.66. The molecule has 3 N–H and O–H groups in total. The molecular weight excluding hydrogens is 333 g/mol. The number of nitrogens with two attached hydrogens (primary N) is 1. The minimum Gasteiger partial charge on any atom is -0.330 e. The molecule has 132 valence electrons. The number of anilines is 1. The summed E-state index contributed by atoms with van der Waals surface area (Å²) in [5.74, 6) is -0.167. The Kier molecular flexibility index (Phi) is 11.3. The van der Waals surface area contributed by atoms with Crippen LogP contribution in [-0.4, -0.2) is 30.4 Å².